The van der Waals surface area contributed by atoms with Gasteiger partial charge >= 0.3 is 5.97 Å². The van der Waals surface area contributed by atoms with Gasteiger partial charge in [-0.3, -0.25) is 4.79 Å². The summed E-state index contributed by atoms with van der Waals surface area (Å²) < 4.78 is 17.6. The van der Waals surface area contributed by atoms with Gasteiger partial charge in [0.15, 0.2) is 0 Å². The molecule has 0 fully saturated rings. The Morgan fingerprint density at radius 1 is 1.57 bits per heavy atom. The topological polar surface area (TPSA) is 26.3 Å². The van der Waals surface area contributed by atoms with Gasteiger partial charge in [-0.2, -0.15) is 0 Å². The molecule has 0 aromatic heterocycles. The largest absolute Gasteiger partial charge is 0.469 e. The first-order valence-corrected chi connectivity index (χ1v) is 4.43. The van der Waals surface area contributed by atoms with Crippen LogP contribution in [0, 0.1) is 12.7 Å². The number of carbonyl (C=O) groups excluding carboxylic acids is 1. The van der Waals surface area contributed by atoms with E-state index in [0.717, 1.165) is 0 Å². The van der Waals surface area contributed by atoms with Gasteiger partial charge in [-0.1, -0.05) is 11.6 Å². The highest BCUT2D eigenvalue weighted by Crippen LogP contribution is 2.20. The minimum absolute atomic E-state index is 0.0351. The lowest BCUT2D eigenvalue weighted by Crippen LogP contribution is -2.05. The lowest BCUT2D eigenvalue weighted by atomic mass is 10.1. The predicted octanol–water partition coefficient (Wildman–Crippen LogP) is 2.50. The number of rotatable bonds is 2. The second-order valence-corrected chi connectivity index (χ2v) is 3.34. The summed E-state index contributed by atoms with van der Waals surface area (Å²) in [7, 11) is 1.29. The quantitative estimate of drug-likeness (QED) is 0.710. The zero-order valence-corrected chi connectivity index (χ0v) is 8.69. The summed E-state index contributed by atoms with van der Waals surface area (Å²) in [5.74, 6) is -0.819. The maximum absolute atomic E-state index is 13.2. The van der Waals surface area contributed by atoms with E-state index in [0.29, 0.717) is 16.1 Å². The highest BCUT2D eigenvalue weighted by molar-refractivity contribution is 6.31. The van der Waals surface area contributed by atoms with E-state index in [-0.39, 0.29) is 6.42 Å². The summed E-state index contributed by atoms with van der Waals surface area (Å²) in [6, 6.07) is 2.86. The second kappa shape index (κ2) is 4.42. The molecular weight excluding hydrogens is 207 g/mol. The molecule has 0 N–H and O–H groups in total. The van der Waals surface area contributed by atoms with E-state index in [4.69, 9.17) is 11.6 Å². The Kier molecular flexibility index (Phi) is 3.47. The molecule has 0 spiro atoms. The van der Waals surface area contributed by atoms with Crippen molar-refractivity contribution in [2.75, 3.05) is 7.11 Å². The molecule has 0 aliphatic heterocycles. The zero-order chi connectivity index (χ0) is 10.7. The lowest BCUT2D eigenvalue weighted by molar-refractivity contribution is -0.139. The molecule has 76 valence electrons. The van der Waals surface area contributed by atoms with Crippen LogP contribution in [0.4, 0.5) is 4.39 Å². The van der Waals surface area contributed by atoms with Crippen LogP contribution in [0.3, 0.4) is 0 Å². The van der Waals surface area contributed by atoms with Crippen LogP contribution >= 0.6 is 11.6 Å². The third kappa shape index (κ3) is 2.45. The minimum atomic E-state index is -0.413. The first-order valence-electron chi connectivity index (χ1n) is 4.06. The van der Waals surface area contributed by atoms with Crippen LogP contribution in [0.15, 0.2) is 12.1 Å². The summed E-state index contributed by atoms with van der Waals surface area (Å²) in [4.78, 5) is 10.9. The highest BCUT2D eigenvalue weighted by atomic mass is 35.5. The highest BCUT2D eigenvalue weighted by Gasteiger charge is 2.08. The van der Waals surface area contributed by atoms with Crippen LogP contribution in [0.2, 0.25) is 5.02 Å². The summed E-state index contributed by atoms with van der Waals surface area (Å²) in [5, 5.41) is 0.323. The molecule has 0 atom stereocenters. The normalized spacial score (nSPS) is 10.0. The molecule has 1 aromatic rings. The molecule has 0 saturated carbocycles. The number of hydrogen-bond acceptors (Lipinski definition) is 2. The summed E-state index contributed by atoms with van der Waals surface area (Å²) in [5.41, 5.74) is 0.908. The number of halogens is 2. The monoisotopic (exact) mass is 216 g/mol. The Bertz CT molecular complexity index is 340. The van der Waals surface area contributed by atoms with Crippen molar-refractivity contribution in [3.8, 4) is 0 Å². The fourth-order valence-electron chi connectivity index (χ4n) is 1.04. The van der Waals surface area contributed by atoms with Crippen LogP contribution in [0.5, 0.6) is 0 Å². The Hall–Kier alpha value is -1.09. The molecule has 2 nitrogen and oxygen atoms in total. The molecule has 1 aromatic carbocycles. The van der Waals surface area contributed by atoms with Gasteiger partial charge in [0, 0.05) is 10.6 Å². The molecule has 0 aliphatic carbocycles. The van der Waals surface area contributed by atoms with E-state index in [1.165, 1.54) is 13.2 Å². The average Bonchev–Trinajstić information content (AvgIpc) is 2.14. The van der Waals surface area contributed by atoms with E-state index in [1.54, 1.807) is 13.0 Å². The fourth-order valence-corrected chi connectivity index (χ4v) is 1.27. The smallest absolute Gasteiger partial charge is 0.309 e. The van der Waals surface area contributed by atoms with Gasteiger partial charge < -0.3 is 4.74 Å². The summed E-state index contributed by atoms with van der Waals surface area (Å²) in [6.45, 7) is 1.58. The van der Waals surface area contributed by atoms with E-state index in [9.17, 15) is 9.18 Å². The molecule has 0 saturated heterocycles. The van der Waals surface area contributed by atoms with Gasteiger partial charge in [-0.05, 0) is 24.6 Å². The Morgan fingerprint density at radius 3 is 2.71 bits per heavy atom. The number of hydrogen-bond donors (Lipinski definition) is 0. The average molecular weight is 217 g/mol. The van der Waals surface area contributed by atoms with E-state index in [1.807, 2.05) is 0 Å². The molecule has 0 radical (unpaired) electrons. The number of benzene rings is 1. The van der Waals surface area contributed by atoms with Crippen LogP contribution < -0.4 is 0 Å². The molecule has 0 aliphatic rings. The van der Waals surface area contributed by atoms with Crippen molar-refractivity contribution in [1.82, 2.24) is 0 Å². The summed E-state index contributed by atoms with van der Waals surface area (Å²) >= 11 is 5.75. The molecule has 14 heavy (non-hydrogen) atoms. The SMILES string of the molecule is COC(=O)Cc1cc(F)c(C)c(Cl)c1. The number of methoxy groups -OCH3 is 1. The molecule has 0 unspecified atom stereocenters. The van der Waals surface area contributed by atoms with Crippen LogP contribution in [-0.2, 0) is 16.0 Å². The Labute approximate surface area is 86.6 Å². The first kappa shape index (κ1) is 11.0. The van der Waals surface area contributed by atoms with Gasteiger partial charge in [0.1, 0.15) is 5.82 Å². The van der Waals surface area contributed by atoms with Crippen molar-refractivity contribution in [2.24, 2.45) is 0 Å². The van der Waals surface area contributed by atoms with Crippen molar-refractivity contribution < 1.29 is 13.9 Å². The van der Waals surface area contributed by atoms with Crippen LogP contribution in [-0.4, -0.2) is 13.1 Å². The zero-order valence-electron chi connectivity index (χ0n) is 7.93. The molecule has 4 heteroatoms. The van der Waals surface area contributed by atoms with E-state index in [2.05, 4.69) is 4.74 Å². The first-order chi connectivity index (χ1) is 6.54. The third-order valence-corrected chi connectivity index (χ3v) is 2.31. The molecule has 1 rings (SSSR count). The van der Waals surface area contributed by atoms with Gasteiger partial charge in [-0.15, -0.1) is 0 Å². The van der Waals surface area contributed by atoms with Crippen molar-refractivity contribution in [2.45, 2.75) is 13.3 Å². The standard InChI is InChI=1S/C10H10ClFO2/c1-6-8(11)3-7(4-9(6)12)5-10(13)14-2/h3-4H,5H2,1-2H3. The van der Waals surface area contributed by atoms with Crippen molar-refractivity contribution in [3.63, 3.8) is 0 Å². The maximum Gasteiger partial charge on any atom is 0.309 e. The number of esters is 1. The van der Waals surface area contributed by atoms with Crippen LogP contribution in [0.1, 0.15) is 11.1 Å². The second-order valence-electron chi connectivity index (χ2n) is 2.94. The van der Waals surface area contributed by atoms with Crippen molar-refractivity contribution >= 4 is 17.6 Å². The summed E-state index contributed by atoms with van der Waals surface area (Å²) in [6.07, 6.45) is 0.0351. The number of ether oxygens (including phenoxy) is 1. The van der Waals surface area contributed by atoms with Crippen molar-refractivity contribution in [1.29, 1.82) is 0 Å². The van der Waals surface area contributed by atoms with Gasteiger partial charge in [0.2, 0.25) is 0 Å². The lowest BCUT2D eigenvalue weighted by Gasteiger charge is -2.04. The van der Waals surface area contributed by atoms with Gasteiger partial charge in [0.25, 0.3) is 0 Å². The number of carbonyl (C=O) groups is 1. The molecule has 0 heterocycles. The Morgan fingerprint density at radius 2 is 2.21 bits per heavy atom. The predicted molar refractivity (Wildman–Crippen MR) is 51.9 cm³/mol. The van der Waals surface area contributed by atoms with Gasteiger partial charge in [0.05, 0.1) is 13.5 Å². The molecule has 0 amide bonds. The molecular formula is C10H10ClFO2. The van der Waals surface area contributed by atoms with Gasteiger partial charge in [-0.25, -0.2) is 4.39 Å². The van der Waals surface area contributed by atoms with E-state index >= 15 is 0 Å². The van der Waals surface area contributed by atoms with Crippen molar-refractivity contribution in [3.05, 3.63) is 34.1 Å². The Balaban J connectivity index is 2.95. The minimum Gasteiger partial charge on any atom is -0.469 e. The third-order valence-electron chi connectivity index (χ3n) is 1.92. The van der Waals surface area contributed by atoms with E-state index < -0.39 is 11.8 Å². The fraction of sp³-hybridized carbons (Fsp3) is 0.300. The molecule has 0 bridgehead atoms. The van der Waals surface area contributed by atoms with Crippen LogP contribution in [0.25, 0.3) is 0 Å². The maximum atomic E-state index is 13.2.